The third kappa shape index (κ3) is 1.44. The molecule has 0 aliphatic carbocycles. The molecule has 1 aliphatic rings. The van der Waals surface area contributed by atoms with Gasteiger partial charge in [-0.25, -0.2) is 0 Å². The molecule has 2 rings (SSSR count). The van der Waals surface area contributed by atoms with Crippen LogP contribution in [0.25, 0.3) is 0 Å². The minimum atomic E-state index is -0.288. The minimum Gasteiger partial charge on any atom is -0.454 e. The molecule has 1 N–H and O–H groups in total. The van der Waals surface area contributed by atoms with Gasteiger partial charge in [0, 0.05) is 0 Å². The van der Waals surface area contributed by atoms with Crippen LogP contribution >= 0.6 is 0 Å². The summed E-state index contributed by atoms with van der Waals surface area (Å²) in [4.78, 5) is 10.7. The molecular weight excluding hydrogens is 182 g/mol. The van der Waals surface area contributed by atoms with Gasteiger partial charge >= 0.3 is 0 Å². The first-order chi connectivity index (χ1) is 6.85. The predicted molar refractivity (Wildman–Crippen MR) is 50.4 cm³/mol. The Labute approximate surface area is 81.8 Å². The monoisotopic (exact) mass is 193 g/mol. The lowest BCUT2D eigenvalue weighted by Crippen LogP contribution is -2.17. The zero-order valence-electron chi connectivity index (χ0n) is 7.82. The zero-order chi connectivity index (χ0) is 9.97. The number of benzene rings is 1. The Hall–Kier alpha value is -1.55. The van der Waals surface area contributed by atoms with Crippen molar-refractivity contribution < 1.29 is 14.3 Å². The van der Waals surface area contributed by atoms with Gasteiger partial charge in [-0.3, -0.25) is 0 Å². The van der Waals surface area contributed by atoms with Crippen LogP contribution in [-0.2, 0) is 4.79 Å². The largest absolute Gasteiger partial charge is 0.454 e. The number of nitrogens with one attached hydrogen (secondary N) is 1. The highest BCUT2D eigenvalue weighted by molar-refractivity contribution is 5.62. The number of hydrogen-bond acceptors (Lipinski definition) is 4. The first-order valence-corrected chi connectivity index (χ1v) is 4.37. The van der Waals surface area contributed by atoms with Gasteiger partial charge in [0.05, 0.1) is 6.04 Å². The Kier molecular flexibility index (Phi) is 2.37. The SMILES string of the molecule is CNC(C=O)c1ccc2c(c1)OCO2. The van der Waals surface area contributed by atoms with E-state index in [1.165, 1.54) is 0 Å². The van der Waals surface area contributed by atoms with E-state index in [1.54, 1.807) is 7.05 Å². The second kappa shape index (κ2) is 3.67. The number of rotatable bonds is 3. The van der Waals surface area contributed by atoms with Crippen molar-refractivity contribution in [1.29, 1.82) is 0 Å². The van der Waals surface area contributed by atoms with E-state index in [4.69, 9.17) is 9.47 Å². The summed E-state index contributed by atoms with van der Waals surface area (Å²) in [5, 5.41) is 2.89. The van der Waals surface area contributed by atoms with E-state index in [9.17, 15) is 4.79 Å². The van der Waals surface area contributed by atoms with Crippen molar-refractivity contribution in [3.63, 3.8) is 0 Å². The smallest absolute Gasteiger partial charge is 0.231 e. The molecular formula is C10H11NO3. The van der Waals surface area contributed by atoms with E-state index in [1.807, 2.05) is 18.2 Å². The normalized spacial score (nSPS) is 15.2. The second-order valence-electron chi connectivity index (χ2n) is 3.02. The standard InChI is InChI=1S/C10H11NO3/c1-11-8(5-12)7-2-3-9-10(4-7)14-6-13-9/h2-5,8,11H,6H2,1H3. The van der Waals surface area contributed by atoms with Gasteiger partial charge in [0.25, 0.3) is 0 Å². The lowest BCUT2D eigenvalue weighted by molar-refractivity contribution is -0.109. The van der Waals surface area contributed by atoms with Gasteiger partial charge in [-0.2, -0.15) is 0 Å². The first kappa shape index (κ1) is 9.02. The maximum atomic E-state index is 10.7. The Balaban J connectivity index is 2.32. The number of likely N-dealkylation sites (N-methyl/N-ethyl adjacent to an activating group) is 1. The molecule has 0 aromatic heterocycles. The molecule has 74 valence electrons. The van der Waals surface area contributed by atoms with Gasteiger partial charge in [0.2, 0.25) is 6.79 Å². The van der Waals surface area contributed by atoms with Crippen molar-refractivity contribution in [3.8, 4) is 11.5 Å². The quantitative estimate of drug-likeness (QED) is 0.724. The van der Waals surface area contributed by atoms with Gasteiger partial charge in [0.15, 0.2) is 11.5 Å². The average molecular weight is 193 g/mol. The summed E-state index contributed by atoms with van der Waals surface area (Å²) >= 11 is 0. The first-order valence-electron chi connectivity index (χ1n) is 4.37. The van der Waals surface area contributed by atoms with Crippen LogP contribution in [0, 0.1) is 0 Å². The van der Waals surface area contributed by atoms with E-state index in [0.29, 0.717) is 5.75 Å². The van der Waals surface area contributed by atoms with Crippen LogP contribution in [0.5, 0.6) is 11.5 Å². The molecule has 0 saturated heterocycles. The van der Waals surface area contributed by atoms with Crippen LogP contribution in [0.15, 0.2) is 18.2 Å². The van der Waals surface area contributed by atoms with Crippen molar-refractivity contribution >= 4 is 6.29 Å². The molecule has 1 aromatic rings. The highest BCUT2D eigenvalue weighted by Crippen LogP contribution is 2.33. The van der Waals surface area contributed by atoms with Crippen molar-refractivity contribution in [3.05, 3.63) is 23.8 Å². The van der Waals surface area contributed by atoms with Crippen LogP contribution in [0.2, 0.25) is 0 Å². The molecule has 1 atom stereocenters. The molecule has 0 fully saturated rings. The molecule has 4 heteroatoms. The van der Waals surface area contributed by atoms with Gasteiger partial charge < -0.3 is 19.6 Å². The summed E-state index contributed by atoms with van der Waals surface area (Å²) < 4.78 is 10.4. The second-order valence-corrected chi connectivity index (χ2v) is 3.02. The molecule has 1 aliphatic heterocycles. The number of fused-ring (bicyclic) bond motifs is 1. The maximum absolute atomic E-state index is 10.7. The molecule has 1 aromatic carbocycles. The summed E-state index contributed by atoms with van der Waals surface area (Å²) in [5.74, 6) is 1.43. The predicted octanol–water partition coefficient (Wildman–Crippen LogP) is 0.875. The molecule has 0 amide bonds. The Morgan fingerprint density at radius 3 is 2.93 bits per heavy atom. The number of ether oxygens (including phenoxy) is 2. The third-order valence-corrected chi connectivity index (χ3v) is 2.20. The van der Waals surface area contributed by atoms with Crippen LogP contribution in [0.1, 0.15) is 11.6 Å². The summed E-state index contributed by atoms with van der Waals surface area (Å²) in [6.07, 6.45) is 0.859. The molecule has 14 heavy (non-hydrogen) atoms. The topological polar surface area (TPSA) is 47.6 Å². The number of hydrogen-bond donors (Lipinski definition) is 1. The average Bonchev–Trinajstić information content (AvgIpc) is 2.66. The van der Waals surface area contributed by atoms with Crippen LogP contribution < -0.4 is 14.8 Å². The van der Waals surface area contributed by atoms with Gasteiger partial charge in [-0.1, -0.05) is 6.07 Å². The van der Waals surface area contributed by atoms with E-state index < -0.39 is 0 Å². The van der Waals surface area contributed by atoms with Crippen molar-refractivity contribution in [2.75, 3.05) is 13.8 Å². The summed E-state index contributed by atoms with van der Waals surface area (Å²) in [6, 6.07) is 5.19. The van der Waals surface area contributed by atoms with Crippen molar-refractivity contribution in [2.45, 2.75) is 6.04 Å². The van der Waals surface area contributed by atoms with Crippen molar-refractivity contribution in [2.24, 2.45) is 0 Å². The van der Waals surface area contributed by atoms with E-state index in [2.05, 4.69) is 5.32 Å². The fraction of sp³-hybridized carbons (Fsp3) is 0.300. The molecule has 1 heterocycles. The third-order valence-electron chi connectivity index (χ3n) is 2.20. The maximum Gasteiger partial charge on any atom is 0.231 e. The van der Waals surface area contributed by atoms with E-state index in [0.717, 1.165) is 17.6 Å². The van der Waals surface area contributed by atoms with Gasteiger partial charge in [-0.05, 0) is 24.7 Å². The zero-order valence-corrected chi connectivity index (χ0v) is 7.82. The highest BCUT2D eigenvalue weighted by Gasteiger charge is 2.16. The summed E-state index contributed by atoms with van der Waals surface area (Å²) in [7, 11) is 1.74. The summed E-state index contributed by atoms with van der Waals surface area (Å²) in [6.45, 7) is 0.254. The number of carbonyl (C=O) groups is 1. The number of aldehydes is 1. The summed E-state index contributed by atoms with van der Waals surface area (Å²) in [5.41, 5.74) is 0.881. The fourth-order valence-electron chi connectivity index (χ4n) is 1.42. The van der Waals surface area contributed by atoms with E-state index >= 15 is 0 Å². The lowest BCUT2D eigenvalue weighted by Gasteiger charge is -2.09. The Morgan fingerprint density at radius 1 is 1.43 bits per heavy atom. The van der Waals surface area contributed by atoms with Crippen LogP contribution in [0.3, 0.4) is 0 Å². The fourth-order valence-corrected chi connectivity index (χ4v) is 1.42. The Bertz CT molecular complexity index is 351. The minimum absolute atomic E-state index is 0.254. The molecule has 0 radical (unpaired) electrons. The van der Waals surface area contributed by atoms with Crippen LogP contribution in [-0.4, -0.2) is 20.1 Å². The van der Waals surface area contributed by atoms with E-state index in [-0.39, 0.29) is 12.8 Å². The van der Waals surface area contributed by atoms with Crippen LogP contribution in [0.4, 0.5) is 0 Å². The Morgan fingerprint density at radius 2 is 2.21 bits per heavy atom. The highest BCUT2D eigenvalue weighted by atomic mass is 16.7. The molecule has 4 nitrogen and oxygen atoms in total. The molecule has 0 spiro atoms. The molecule has 0 bridgehead atoms. The number of carbonyl (C=O) groups excluding carboxylic acids is 1. The molecule has 0 saturated carbocycles. The van der Waals surface area contributed by atoms with Gasteiger partial charge in [0.1, 0.15) is 6.29 Å². The lowest BCUT2D eigenvalue weighted by atomic mass is 10.1. The van der Waals surface area contributed by atoms with Crippen molar-refractivity contribution in [1.82, 2.24) is 5.32 Å². The van der Waals surface area contributed by atoms with Gasteiger partial charge in [-0.15, -0.1) is 0 Å². The molecule has 1 unspecified atom stereocenters.